The Labute approximate surface area is 192 Å². The van der Waals surface area contributed by atoms with E-state index >= 15 is 0 Å². The summed E-state index contributed by atoms with van der Waals surface area (Å²) in [6.07, 6.45) is -3.25. The molecule has 1 aliphatic rings. The van der Waals surface area contributed by atoms with E-state index < -0.39 is 29.0 Å². The number of carbonyl (C=O) groups excluding carboxylic acids is 2. The number of hydrogen-bond donors (Lipinski definition) is 1. The van der Waals surface area contributed by atoms with Gasteiger partial charge in [-0.15, -0.1) is 0 Å². The van der Waals surface area contributed by atoms with Gasteiger partial charge in [0.05, 0.1) is 28.6 Å². The van der Waals surface area contributed by atoms with Crippen LogP contribution in [-0.4, -0.2) is 57.6 Å². The van der Waals surface area contributed by atoms with Crippen molar-refractivity contribution in [1.29, 1.82) is 0 Å². The van der Waals surface area contributed by atoms with Crippen LogP contribution in [0.4, 0.5) is 29.1 Å². The Balaban J connectivity index is 1.47. The molecule has 34 heavy (non-hydrogen) atoms. The van der Waals surface area contributed by atoms with Crippen LogP contribution in [0.2, 0.25) is 0 Å². The lowest BCUT2D eigenvalue weighted by Gasteiger charge is -2.35. The third-order valence-electron chi connectivity index (χ3n) is 5.61. The molecule has 178 valence electrons. The van der Waals surface area contributed by atoms with Gasteiger partial charge in [0.25, 0.3) is 11.8 Å². The molecule has 0 radical (unpaired) electrons. The van der Waals surface area contributed by atoms with Crippen molar-refractivity contribution < 1.29 is 27.2 Å². The third kappa shape index (κ3) is 4.73. The maximum absolute atomic E-state index is 13.4. The van der Waals surface area contributed by atoms with Crippen molar-refractivity contribution >= 4 is 23.3 Å². The number of para-hydroxylation sites is 1. The summed E-state index contributed by atoms with van der Waals surface area (Å²) in [5.41, 5.74) is -0.928. The van der Waals surface area contributed by atoms with E-state index in [0.717, 1.165) is 12.1 Å². The second kappa shape index (κ2) is 9.16. The van der Waals surface area contributed by atoms with Crippen molar-refractivity contribution in [2.45, 2.75) is 6.18 Å². The van der Waals surface area contributed by atoms with Crippen LogP contribution in [-0.2, 0) is 13.2 Å². The quantitative estimate of drug-likeness (QED) is 0.581. The molecule has 1 aliphatic heterocycles. The lowest BCUT2D eigenvalue weighted by atomic mass is 10.0. The first-order chi connectivity index (χ1) is 16.1. The maximum atomic E-state index is 13.4. The van der Waals surface area contributed by atoms with E-state index in [9.17, 15) is 27.2 Å². The molecular weight excluding hydrogens is 454 g/mol. The van der Waals surface area contributed by atoms with Crippen LogP contribution in [0.5, 0.6) is 0 Å². The number of halogens is 4. The van der Waals surface area contributed by atoms with E-state index in [-0.39, 0.29) is 32.1 Å². The lowest BCUT2D eigenvalue weighted by molar-refractivity contribution is -0.138. The van der Waals surface area contributed by atoms with Crippen LogP contribution < -0.4 is 5.32 Å². The highest BCUT2D eigenvalue weighted by Gasteiger charge is 2.37. The number of nitrogens with zero attached hydrogens (tertiary/aromatic N) is 4. The van der Waals surface area contributed by atoms with Crippen molar-refractivity contribution in [2.24, 2.45) is 7.05 Å². The van der Waals surface area contributed by atoms with E-state index in [1.54, 1.807) is 53.2 Å². The van der Waals surface area contributed by atoms with Gasteiger partial charge in [0.2, 0.25) is 0 Å². The molecule has 11 heteroatoms. The first-order valence-electron chi connectivity index (χ1n) is 10.4. The minimum Gasteiger partial charge on any atom is -0.340 e. The average Bonchev–Trinajstić information content (AvgIpc) is 3.22. The molecule has 1 saturated heterocycles. The minimum atomic E-state index is -4.87. The zero-order valence-electron chi connectivity index (χ0n) is 18.1. The molecule has 0 bridgehead atoms. The number of amides is 2. The van der Waals surface area contributed by atoms with Crippen molar-refractivity contribution in [2.75, 3.05) is 31.5 Å². The number of alkyl halides is 3. The Bertz CT molecular complexity index is 1220. The van der Waals surface area contributed by atoms with Gasteiger partial charge in [0.15, 0.2) is 0 Å². The van der Waals surface area contributed by atoms with Crippen molar-refractivity contribution in [1.82, 2.24) is 19.6 Å². The van der Waals surface area contributed by atoms with E-state index in [4.69, 9.17) is 0 Å². The number of aromatic nitrogens is 2. The highest BCUT2D eigenvalue weighted by Crippen LogP contribution is 2.33. The number of carbonyl (C=O) groups is 2. The largest absolute Gasteiger partial charge is 0.417 e. The standard InChI is InChI=1S/C23H21F4N5O2/c1-30-20(8-9-28-30)29-19-5-3-2-4-17(19)22(34)32-12-10-31(11-13-32)21(33)16-7-6-15(24)14-18(16)23(25,26)27/h2-9,14,29H,10-13H2,1H3. The topological polar surface area (TPSA) is 70.5 Å². The van der Waals surface area contributed by atoms with Gasteiger partial charge in [-0.2, -0.15) is 18.3 Å². The van der Waals surface area contributed by atoms with Gasteiger partial charge in [0.1, 0.15) is 11.6 Å². The predicted molar refractivity (Wildman–Crippen MR) is 116 cm³/mol. The molecular formula is C23H21F4N5O2. The Morgan fingerprint density at radius 1 is 0.912 bits per heavy atom. The summed E-state index contributed by atoms with van der Waals surface area (Å²) < 4.78 is 54.9. The summed E-state index contributed by atoms with van der Waals surface area (Å²) in [4.78, 5) is 28.7. The smallest absolute Gasteiger partial charge is 0.340 e. The van der Waals surface area contributed by atoms with Crippen LogP contribution in [0, 0.1) is 5.82 Å². The van der Waals surface area contributed by atoms with Crippen LogP contribution in [0.1, 0.15) is 26.3 Å². The molecule has 4 rings (SSSR count). The monoisotopic (exact) mass is 475 g/mol. The van der Waals surface area contributed by atoms with E-state index in [2.05, 4.69) is 10.4 Å². The maximum Gasteiger partial charge on any atom is 0.417 e. The van der Waals surface area contributed by atoms with Gasteiger partial charge >= 0.3 is 6.18 Å². The first kappa shape index (κ1) is 23.3. The summed E-state index contributed by atoms with van der Waals surface area (Å²) in [6.45, 7) is 0.396. The predicted octanol–water partition coefficient (Wildman–Crippen LogP) is 3.92. The second-order valence-electron chi connectivity index (χ2n) is 7.78. The molecule has 3 aromatic rings. The summed E-state index contributed by atoms with van der Waals surface area (Å²) in [7, 11) is 1.76. The SMILES string of the molecule is Cn1nccc1Nc1ccccc1C(=O)N1CCN(C(=O)c2ccc(F)cc2C(F)(F)F)CC1. The molecule has 0 aliphatic carbocycles. The number of aryl methyl sites for hydroxylation is 1. The molecule has 2 amide bonds. The van der Waals surface area contributed by atoms with Crippen molar-refractivity contribution in [3.63, 3.8) is 0 Å². The first-order valence-corrected chi connectivity index (χ1v) is 10.4. The Morgan fingerprint density at radius 3 is 2.12 bits per heavy atom. The number of piperazine rings is 1. The molecule has 2 heterocycles. The molecule has 2 aromatic carbocycles. The fraction of sp³-hybridized carbons (Fsp3) is 0.261. The van der Waals surface area contributed by atoms with Gasteiger partial charge in [-0.05, 0) is 30.3 Å². The molecule has 7 nitrogen and oxygen atoms in total. The molecule has 1 aromatic heterocycles. The van der Waals surface area contributed by atoms with Gasteiger partial charge < -0.3 is 15.1 Å². The Hall–Kier alpha value is -3.89. The number of rotatable bonds is 4. The highest BCUT2D eigenvalue weighted by molar-refractivity contribution is 6.00. The van der Waals surface area contributed by atoms with Crippen molar-refractivity contribution in [3.05, 3.63) is 77.2 Å². The molecule has 1 fully saturated rings. The van der Waals surface area contributed by atoms with Crippen LogP contribution in [0.3, 0.4) is 0 Å². The molecule has 0 saturated carbocycles. The zero-order valence-corrected chi connectivity index (χ0v) is 18.1. The molecule has 0 unspecified atom stereocenters. The minimum absolute atomic E-state index is 0.0522. The van der Waals surface area contributed by atoms with Gasteiger partial charge in [-0.1, -0.05) is 12.1 Å². The fourth-order valence-corrected chi connectivity index (χ4v) is 3.80. The van der Waals surface area contributed by atoms with Crippen LogP contribution in [0.15, 0.2) is 54.7 Å². The van der Waals surface area contributed by atoms with Crippen molar-refractivity contribution in [3.8, 4) is 0 Å². The Morgan fingerprint density at radius 2 is 1.53 bits per heavy atom. The summed E-state index contributed by atoms with van der Waals surface area (Å²) in [5.74, 6) is -1.50. The summed E-state index contributed by atoms with van der Waals surface area (Å²) in [6, 6.07) is 10.7. The Kier molecular flexibility index (Phi) is 6.27. The number of benzene rings is 2. The van der Waals surface area contributed by atoms with E-state index in [1.165, 1.54) is 4.90 Å². The van der Waals surface area contributed by atoms with Gasteiger partial charge in [-0.25, -0.2) is 4.39 Å². The van der Waals surface area contributed by atoms with E-state index in [0.29, 0.717) is 23.1 Å². The van der Waals surface area contributed by atoms with E-state index in [1.807, 2.05) is 0 Å². The summed E-state index contributed by atoms with van der Waals surface area (Å²) >= 11 is 0. The van der Waals surface area contributed by atoms with Gasteiger partial charge in [-0.3, -0.25) is 14.3 Å². The number of hydrogen-bond acceptors (Lipinski definition) is 4. The molecule has 0 spiro atoms. The third-order valence-corrected chi connectivity index (χ3v) is 5.61. The highest BCUT2D eigenvalue weighted by atomic mass is 19.4. The number of nitrogens with one attached hydrogen (secondary N) is 1. The van der Waals surface area contributed by atoms with Crippen LogP contribution >= 0.6 is 0 Å². The lowest BCUT2D eigenvalue weighted by Crippen LogP contribution is -2.50. The average molecular weight is 475 g/mol. The normalized spacial score (nSPS) is 14.3. The second-order valence-corrected chi connectivity index (χ2v) is 7.78. The van der Waals surface area contributed by atoms with Crippen LogP contribution in [0.25, 0.3) is 0 Å². The molecule has 0 atom stereocenters. The summed E-state index contributed by atoms with van der Waals surface area (Å²) in [5, 5.41) is 7.25. The fourth-order valence-electron chi connectivity index (χ4n) is 3.80. The zero-order chi connectivity index (χ0) is 24.5. The van der Waals surface area contributed by atoms with Gasteiger partial charge in [0, 0.05) is 39.3 Å². The number of anilines is 2. The molecule has 1 N–H and O–H groups in total.